The van der Waals surface area contributed by atoms with Gasteiger partial charge < -0.3 is 0 Å². The number of aromatic nitrogens is 2. The maximum absolute atomic E-state index is 14.3. The Morgan fingerprint density at radius 2 is 2.05 bits per heavy atom. The first-order chi connectivity index (χ1) is 9.99. The molecule has 0 spiro atoms. The van der Waals surface area contributed by atoms with Gasteiger partial charge in [-0.2, -0.15) is 10.2 Å². The zero-order valence-corrected chi connectivity index (χ0v) is 13.2. The van der Waals surface area contributed by atoms with Gasteiger partial charge in [-0.25, -0.2) is 14.2 Å². The number of benzene rings is 1. The van der Waals surface area contributed by atoms with E-state index in [0.29, 0.717) is 23.4 Å². The van der Waals surface area contributed by atoms with Crippen molar-refractivity contribution >= 4 is 15.9 Å². The van der Waals surface area contributed by atoms with Gasteiger partial charge in [0.1, 0.15) is 11.6 Å². The van der Waals surface area contributed by atoms with Gasteiger partial charge in [0.2, 0.25) is 0 Å². The Labute approximate surface area is 129 Å². The number of aryl methyl sites for hydroxylation is 2. The van der Waals surface area contributed by atoms with E-state index in [1.807, 2.05) is 6.92 Å². The van der Waals surface area contributed by atoms with Crippen molar-refractivity contribution in [3.63, 3.8) is 0 Å². The molecule has 1 unspecified atom stereocenters. The van der Waals surface area contributed by atoms with Crippen LogP contribution in [0.5, 0.6) is 0 Å². The second kappa shape index (κ2) is 6.55. The number of halogens is 3. The summed E-state index contributed by atoms with van der Waals surface area (Å²) in [5, 5.41) is 8.04. The predicted octanol–water partition coefficient (Wildman–Crippen LogP) is 2.94. The van der Waals surface area contributed by atoms with E-state index in [9.17, 15) is 8.78 Å². The average Bonchev–Trinajstić information content (AvgIpc) is 2.47. The normalized spacial score (nSPS) is 12.5. The molecule has 0 aliphatic carbocycles. The highest BCUT2D eigenvalue weighted by Gasteiger charge is 2.25. The van der Waals surface area contributed by atoms with Crippen LogP contribution < -0.4 is 11.3 Å². The number of nitrogens with one attached hydrogen (secondary N) is 1. The lowest BCUT2D eigenvalue weighted by Crippen LogP contribution is -2.31. The molecule has 2 rings (SSSR count). The molecular weight excluding hydrogens is 342 g/mol. The van der Waals surface area contributed by atoms with Crippen LogP contribution in [0.3, 0.4) is 0 Å². The topological polar surface area (TPSA) is 63.8 Å². The molecule has 0 aliphatic rings. The summed E-state index contributed by atoms with van der Waals surface area (Å²) in [5.74, 6) is 4.19. The van der Waals surface area contributed by atoms with Gasteiger partial charge in [0.15, 0.2) is 0 Å². The van der Waals surface area contributed by atoms with E-state index in [-0.39, 0.29) is 10.0 Å². The van der Waals surface area contributed by atoms with Crippen molar-refractivity contribution in [1.82, 2.24) is 15.6 Å². The molecule has 1 atom stereocenters. The number of nitrogens with zero attached hydrogens (tertiary/aromatic N) is 2. The number of hydrazine groups is 1. The smallest absolute Gasteiger partial charge is 0.145 e. The van der Waals surface area contributed by atoms with Gasteiger partial charge in [-0.05, 0) is 47.5 Å². The molecule has 7 heteroatoms. The van der Waals surface area contributed by atoms with Crippen LogP contribution in [0.4, 0.5) is 8.78 Å². The van der Waals surface area contributed by atoms with Crippen molar-refractivity contribution in [3.05, 3.63) is 56.8 Å². The molecule has 0 saturated heterocycles. The molecule has 0 radical (unpaired) electrons. The summed E-state index contributed by atoms with van der Waals surface area (Å²) < 4.78 is 28.6. The van der Waals surface area contributed by atoms with Crippen molar-refractivity contribution in [2.45, 2.75) is 26.3 Å². The van der Waals surface area contributed by atoms with E-state index in [1.54, 1.807) is 13.0 Å². The van der Waals surface area contributed by atoms with Crippen LogP contribution in [-0.4, -0.2) is 10.2 Å². The molecule has 0 saturated carbocycles. The highest BCUT2D eigenvalue weighted by molar-refractivity contribution is 9.10. The van der Waals surface area contributed by atoms with Gasteiger partial charge in [-0.1, -0.05) is 6.92 Å². The van der Waals surface area contributed by atoms with E-state index >= 15 is 0 Å². The number of hydrogen-bond acceptors (Lipinski definition) is 4. The van der Waals surface area contributed by atoms with Gasteiger partial charge in [-0.3, -0.25) is 5.84 Å². The molecule has 0 bridgehead atoms. The maximum Gasteiger partial charge on any atom is 0.145 e. The largest absolute Gasteiger partial charge is 0.271 e. The summed E-state index contributed by atoms with van der Waals surface area (Å²) in [6, 6.07) is 3.40. The minimum Gasteiger partial charge on any atom is -0.271 e. The van der Waals surface area contributed by atoms with E-state index < -0.39 is 17.7 Å². The summed E-state index contributed by atoms with van der Waals surface area (Å²) in [4.78, 5) is 0. The van der Waals surface area contributed by atoms with Gasteiger partial charge in [-0.15, -0.1) is 0 Å². The lowest BCUT2D eigenvalue weighted by atomic mass is 9.96. The van der Waals surface area contributed by atoms with Gasteiger partial charge >= 0.3 is 0 Å². The van der Waals surface area contributed by atoms with E-state index in [4.69, 9.17) is 5.84 Å². The van der Waals surface area contributed by atoms with Crippen LogP contribution in [0.2, 0.25) is 0 Å². The van der Waals surface area contributed by atoms with Crippen molar-refractivity contribution in [2.75, 3.05) is 0 Å². The fourth-order valence-electron chi connectivity index (χ4n) is 2.19. The van der Waals surface area contributed by atoms with Crippen LogP contribution in [0, 0.1) is 18.6 Å². The highest BCUT2D eigenvalue weighted by Crippen LogP contribution is 2.31. The molecule has 0 amide bonds. The monoisotopic (exact) mass is 356 g/mol. The summed E-state index contributed by atoms with van der Waals surface area (Å²) in [5.41, 5.74) is 4.24. The third-order valence-corrected chi connectivity index (χ3v) is 3.82. The van der Waals surface area contributed by atoms with Crippen molar-refractivity contribution in [1.29, 1.82) is 0 Å². The summed E-state index contributed by atoms with van der Waals surface area (Å²) >= 11 is 3.06. The summed E-state index contributed by atoms with van der Waals surface area (Å²) in [6.07, 6.45) is 0.581. The second-order valence-corrected chi connectivity index (χ2v) is 5.45. The molecule has 0 fully saturated rings. The number of nitrogens with two attached hydrogens (primary N) is 1. The Kier molecular flexibility index (Phi) is 4.97. The Hall–Kier alpha value is -1.44. The molecule has 1 aromatic heterocycles. The van der Waals surface area contributed by atoms with Crippen LogP contribution in [0.25, 0.3) is 0 Å². The summed E-state index contributed by atoms with van der Waals surface area (Å²) in [6.45, 7) is 3.65. The lowest BCUT2D eigenvalue weighted by Gasteiger charge is -2.21. The van der Waals surface area contributed by atoms with E-state index in [2.05, 4.69) is 31.6 Å². The molecule has 21 heavy (non-hydrogen) atoms. The quantitative estimate of drug-likeness (QED) is 0.502. The Morgan fingerprint density at radius 3 is 2.67 bits per heavy atom. The van der Waals surface area contributed by atoms with E-state index in [0.717, 1.165) is 0 Å². The van der Waals surface area contributed by atoms with Crippen molar-refractivity contribution < 1.29 is 8.78 Å². The minimum absolute atomic E-state index is 0.144. The van der Waals surface area contributed by atoms with Crippen LogP contribution in [-0.2, 0) is 6.42 Å². The minimum atomic E-state index is -0.841. The standard InChI is InChI=1S/C14H15BrF2N4/c1-3-11-8(6-7(2)20-21-11)14(19-18)12-10(16)5-4-9(15)13(12)17/h4-6,14,19H,3,18H2,1-2H3. The molecule has 112 valence electrons. The zero-order chi connectivity index (χ0) is 15.6. The molecular formula is C14H15BrF2N4. The van der Waals surface area contributed by atoms with Crippen LogP contribution >= 0.6 is 15.9 Å². The molecule has 4 nitrogen and oxygen atoms in total. The van der Waals surface area contributed by atoms with Gasteiger partial charge in [0.05, 0.1) is 21.9 Å². The third kappa shape index (κ3) is 3.09. The Bertz CT molecular complexity index is 664. The first-order valence-corrected chi connectivity index (χ1v) is 7.21. The summed E-state index contributed by atoms with van der Waals surface area (Å²) in [7, 11) is 0. The fraction of sp³-hybridized carbons (Fsp3) is 0.286. The van der Waals surface area contributed by atoms with Crippen LogP contribution in [0.1, 0.15) is 35.5 Å². The Morgan fingerprint density at radius 1 is 1.33 bits per heavy atom. The van der Waals surface area contributed by atoms with Gasteiger partial charge in [0, 0.05) is 11.1 Å². The first-order valence-electron chi connectivity index (χ1n) is 6.42. The average molecular weight is 357 g/mol. The van der Waals surface area contributed by atoms with Crippen molar-refractivity contribution in [2.24, 2.45) is 5.84 Å². The first kappa shape index (κ1) is 15.9. The number of rotatable bonds is 4. The number of hydrogen-bond donors (Lipinski definition) is 2. The van der Waals surface area contributed by atoms with E-state index in [1.165, 1.54) is 12.1 Å². The Balaban J connectivity index is 2.66. The molecule has 1 heterocycles. The molecule has 0 aliphatic heterocycles. The molecule has 2 aromatic rings. The fourth-order valence-corrected chi connectivity index (χ4v) is 2.54. The van der Waals surface area contributed by atoms with Gasteiger partial charge in [0.25, 0.3) is 0 Å². The maximum atomic E-state index is 14.3. The van der Waals surface area contributed by atoms with Crippen molar-refractivity contribution in [3.8, 4) is 0 Å². The highest BCUT2D eigenvalue weighted by atomic mass is 79.9. The molecule has 1 aromatic carbocycles. The SMILES string of the molecule is CCc1nnc(C)cc1C(NN)c1c(F)ccc(Br)c1F. The second-order valence-electron chi connectivity index (χ2n) is 4.60. The predicted molar refractivity (Wildman–Crippen MR) is 79.4 cm³/mol. The lowest BCUT2D eigenvalue weighted by molar-refractivity contribution is 0.504. The third-order valence-electron chi connectivity index (χ3n) is 3.21. The van der Waals surface area contributed by atoms with Crippen LogP contribution in [0.15, 0.2) is 22.7 Å². The molecule has 3 N–H and O–H groups in total. The zero-order valence-electron chi connectivity index (χ0n) is 11.6.